The monoisotopic (exact) mass is 737 g/mol. The fourth-order valence-electron chi connectivity index (χ4n) is 6.75. The molecule has 6 nitrogen and oxygen atoms in total. The molecule has 0 heterocycles. The molecule has 0 unspecified atom stereocenters. The van der Waals surface area contributed by atoms with E-state index in [0.717, 1.165) is 69.6 Å². The van der Waals surface area contributed by atoms with Crippen LogP contribution in [0.3, 0.4) is 0 Å². The fourth-order valence-corrected chi connectivity index (χ4v) is 6.75. The van der Waals surface area contributed by atoms with Crippen LogP contribution < -0.4 is 0 Å². The van der Waals surface area contributed by atoms with Gasteiger partial charge in [0.2, 0.25) is 0 Å². The summed E-state index contributed by atoms with van der Waals surface area (Å²) in [7, 11) is 0. The molecule has 0 aliphatic rings. The van der Waals surface area contributed by atoms with E-state index in [1.807, 2.05) is 0 Å². The van der Waals surface area contributed by atoms with Crippen LogP contribution in [0, 0.1) is 11.8 Å². The second kappa shape index (κ2) is 39.1. The Kier molecular flexibility index (Phi) is 37.9. The average molecular weight is 737 g/mol. The first kappa shape index (κ1) is 50.4. The lowest BCUT2D eigenvalue weighted by molar-refractivity contribution is -0.167. The first-order chi connectivity index (χ1) is 25.2. The highest BCUT2D eigenvalue weighted by molar-refractivity contribution is 5.71. The van der Waals surface area contributed by atoms with Crippen molar-refractivity contribution in [2.45, 2.75) is 253 Å². The van der Waals surface area contributed by atoms with Crippen LogP contribution in [0.1, 0.15) is 247 Å². The number of esters is 3. The molecule has 0 aromatic heterocycles. The van der Waals surface area contributed by atoms with Crippen LogP contribution in [0.2, 0.25) is 0 Å². The first-order valence-electron chi connectivity index (χ1n) is 22.7. The van der Waals surface area contributed by atoms with Crippen molar-refractivity contribution in [1.82, 2.24) is 0 Å². The minimum absolute atomic E-state index is 0.0652. The predicted molar refractivity (Wildman–Crippen MR) is 220 cm³/mol. The zero-order valence-corrected chi connectivity index (χ0v) is 35.4. The number of carbonyl (C=O) groups excluding carboxylic acids is 3. The molecule has 0 aliphatic heterocycles. The second-order valence-electron chi connectivity index (χ2n) is 16.6. The van der Waals surface area contributed by atoms with Crippen molar-refractivity contribution in [2.75, 3.05) is 13.2 Å². The Morgan fingerprint density at radius 1 is 0.365 bits per heavy atom. The normalized spacial score (nSPS) is 12.1. The van der Waals surface area contributed by atoms with E-state index in [1.54, 1.807) is 0 Å². The van der Waals surface area contributed by atoms with Crippen molar-refractivity contribution >= 4 is 17.9 Å². The van der Waals surface area contributed by atoms with Crippen molar-refractivity contribution in [3.8, 4) is 0 Å². The summed E-state index contributed by atoms with van der Waals surface area (Å²) in [5.74, 6) is 0.752. The molecule has 0 saturated heterocycles. The van der Waals surface area contributed by atoms with Crippen molar-refractivity contribution < 1.29 is 28.6 Å². The van der Waals surface area contributed by atoms with Gasteiger partial charge in [-0.2, -0.15) is 0 Å². The van der Waals surface area contributed by atoms with Crippen LogP contribution in [0.5, 0.6) is 0 Å². The highest BCUT2D eigenvalue weighted by atomic mass is 16.6. The third-order valence-corrected chi connectivity index (χ3v) is 10.2. The standard InChI is InChI=1S/C46H88O6/c1-6-7-8-9-10-11-15-21-26-31-36-44(47)50-39-43(40-51-45(48)37-32-27-22-18-17-20-25-30-35-42(4)5)52-46(49)38-33-28-23-16-13-12-14-19-24-29-34-41(2)3/h41-43H,6-40H2,1-5H3/t43-/m1/s1. The minimum Gasteiger partial charge on any atom is -0.462 e. The number of ether oxygens (including phenoxy) is 3. The molecule has 0 bridgehead atoms. The maximum Gasteiger partial charge on any atom is 0.306 e. The van der Waals surface area contributed by atoms with Crippen LogP contribution in [0.25, 0.3) is 0 Å². The summed E-state index contributed by atoms with van der Waals surface area (Å²) in [6.45, 7) is 11.3. The number of unbranched alkanes of at least 4 members (excludes halogenated alkanes) is 25. The summed E-state index contributed by atoms with van der Waals surface area (Å²) in [6.07, 6.45) is 36.6. The van der Waals surface area contributed by atoms with E-state index in [2.05, 4.69) is 34.6 Å². The molecular formula is C46H88O6. The van der Waals surface area contributed by atoms with Crippen LogP contribution >= 0.6 is 0 Å². The van der Waals surface area contributed by atoms with E-state index >= 15 is 0 Å². The summed E-state index contributed by atoms with van der Waals surface area (Å²) < 4.78 is 16.7. The Bertz CT molecular complexity index is 794. The maximum atomic E-state index is 12.7. The zero-order chi connectivity index (χ0) is 38.3. The van der Waals surface area contributed by atoms with Crippen molar-refractivity contribution in [3.05, 3.63) is 0 Å². The first-order valence-corrected chi connectivity index (χ1v) is 22.7. The van der Waals surface area contributed by atoms with Crippen molar-refractivity contribution in [1.29, 1.82) is 0 Å². The van der Waals surface area contributed by atoms with Gasteiger partial charge in [0.15, 0.2) is 6.10 Å². The molecule has 6 heteroatoms. The fraction of sp³-hybridized carbons (Fsp3) is 0.935. The van der Waals surface area contributed by atoms with Gasteiger partial charge in [0, 0.05) is 19.3 Å². The molecule has 0 spiro atoms. The van der Waals surface area contributed by atoms with E-state index in [9.17, 15) is 14.4 Å². The molecule has 0 rings (SSSR count). The average Bonchev–Trinajstić information content (AvgIpc) is 3.11. The topological polar surface area (TPSA) is 78.9 Å². The van der Waals surface area contributed by atoms with Crippen LogP contribution in [0.4, 0.5) is 0 Å². The quantitative estimate of drug-likeness (QED) is 0.0354. The molecule has 1 atom stereocenters. The Hall–Kier alpha value is -1.59. The molecule has 0 aliphatic carbocycles. The molecule has 0 amide bonds. The zero-order valence-electron chi connectivity index (χ0n) is 35.4. The maximum absolute atomic E-state index is 12.7. The molecule has 52 heavy (non-hydrogen) atoms. The number of carbonyl (C=O) groups is 3. The number of hydrogen-bond donors (Lipinski definition) is 0. The van der Waals surface area contributed by atoms with Gasteiger partial charge in [0.1, 0.15) is 13.2 Å². The Labute approximate surface area is 323 Å². The molecular weight excluding hydrogens is 648 g/mol. The van der Waals surface area contributed by atoms with Gasteiger partial charge >= 0.3 is 17.9 Å². The van der Waals surface area contributed by atoms with Gasteiger partial charge in [-0.3, -0.25) is 14.4 Å². The largest absolute Gasteiger partial charge is 0.462 e. The third-order valence-electron chi connectivity index (χ3n) is 10.2. The summed E-state index contributed by atoms with van der Waals surface area (Å²) in [5, 5.41) is 0. The van der Waals surface area contributed by atoms with Crippen molar-refractivity contribution in [2.24, 2.45) is 11.8 Å². The van der Waals surface area contributed by atoms with Crippen LogP contribution in [-0.2, 0) is 28.6 Å². The van der Waals surface area contributed by atoms with Crippen LogP contribution in [0.15, 0.2) is 0 Å². The molecule has 0 radical (unpaired) electrons. The van der Waals surface area contributed by atoms with Gasteiger partial charge in [-0.05, 0) is 31.1 Å². The van der Waals surface area contributed by atoms with Crippen LogP contribution in [-0.4, -0.2) is 37.2 Å². The Balaban J connectivity index is 4.34. The minimum atomic E-state index is -0.760. The Morgan fingerprint density at radius 3 is 0.942 bits per heavy atom. The lowest BCUT2D eigenvalue weighted by Crippen LogP contribution is -2.30. The molecule has 0 N–H and O–H groups in total. The molecule has 0 aromatic carbocycles. The summed E-state index contributed by atoms with van der Waals surface area (Å²) in [6, 6.07) is 0. The SMILES string of the molecule is CCCCCCCCCCCCC(=O)OC[C@H](COC(=O)CCCCCCCCCCC(C)C)OC(=O)CCCCCCCCCCCCC(C)C. The highest BCUT2D eigenvalue weighted by Crippen LogP contribution is 2.16. The van der Waals surface area contributed by atoms with Gasteiger partial charge in [-0.1, -0.05) is 208 Å². The molecule has 0 fully saturated rings. The van der Waals surface area contributed by atoms with Gasteiger partial charge in [0.25, 0.3) is 0 Å². The van der Waals surface area contributed by atoms with Gasteiger partial charge < -0.3 is 14.2 Å². The second-order valence-corrected chi connectivity index (χ2v) is 16.6. The van der Waals surface area contributed by atoms with Gasteiger partial charge in [-0.25, -0.2) is 0 Å². The summed E-state index contributed by atoms with van der Waals surface area (Å²) in [4.78, 5) is 37.7. The summed E-state index contributed by atoms with van der Waals surface area (Å²) in [5.41, 5.74) is 0. The Morgan fingerprint density at radius 2 is 0.635 bits per heavy atom. The predicted octanol–water partition coefficient (Wildman–Crippen LogP) is 14.2. The smallest absolute Gasteiger partial charge is 0.306 e. The van der Waals surface area contributed by atoms with Gasteiger partial charge in [0.05, 0.1) is 0 Å². The summed E-state index contributed by atoms with van der Waals surface area (Å²) >= 11 is 0. The lowest BCUT2D eigenvalue weighted by atomic mass is 10.0. The van der Waals surface area contributed by atoms with Crippen molar-refractivity contribution in [3.63, 3.8) is 0 Å². The molecule has 308 valence electrons. The van der Waals surface area contributed by atoms with Gasteiger partial charge in [-0.15, -0.1) is 0 Å². The van der Waals surface area contributed by atoms with E-state index in [-0.39, 0.29) is 31.1 Å². The number of hydrogen-bond acceptors (Lipinski definition) is 6. The van der Waals surface area contributed by atoms with E-state index < -0.39 is 6.10 Å². The molecule has 0 saturated carbocycles. The van der Waals surface area contributed by atoms with E-state index in [0.29, 0.717) is 19.3 Å². The third kappa shape index (κ3) is 39.6. The molecule has 0 aromatic rings. The highest BCUT2D eigenvalue weighted by Gasteiger charge is 2.19. The number of rotatable bonds is 40. The van der Waals surface area contributed by atoms with E-state index in [4.69, 9.17) is 14.2 Å². The van der Waals surface area contributed by atoms with E-state index in [1.165, 1.54) is 135 Å². The lowest BCUT2D eigenvalue weighted by Gasteiger charge is -2.18.